The Kier molecular flexibility index (Phi) is 8.57. The molecule has 2 rings (SSSR count). The SMILES string of the molecule is I.NC(=NCC1CCC1)NCCCNc1ccc(C(F)(F)F)cn1. The molecule has 5 nitrogen and oxygen atoms in total. The van der Waals surface area contributed by atoms with E-state index in [-0.39, 0.29) is 24.0 Å². The molecule has 9 heteroatoms. The maximum Gasteiger partial charge on any atom is 0.417 e. The third-order valence-corrected chi connectivity index (χ3v) is 3.80. The monoisotopic (exact) mass is 457 g/mol. The third-order valence-electron chi connectivity index (χ3n) is 3.80. The number of rotatable bonds is 7. The first-order chi connectivity index (χ1) is 10.9. The number of hydrogen-bond acceptors (Lipinski definition) is 3. The van der Waals surface area contributed by atoms with Crippen LogP contribution in [-0.2, 0) is 6.18 Å². The van der Waals surface area contributed by atoms with Gasteiger partial charge in [-0.3, -0.25) is 4.99 Å². The third kappa shape index (κ3) is 7.10. The van der Waals surface area contributed by atoms with Crippen molar-refractivity contribution in [1.82, 2.24) is 10.3 Å². The second kappa shape index (κ2) is 9.90. The lowest BCUT2D eigenvalue weighted by molar-refractivity contribution is -0.137. The van der Waals surface area contributed by atoms with Crippen molar-refractivity contribution in [2.45, 2.75) is 31.9 Å². The smallest absolute Gasteiger partial charge is 0.370 e. The summed E-state index contributed by atoms with van der Waals surface area (Å²) in [7, 11) is 0. The van der Waals surface area contributed by atoms with Gasteiger partial charge in [0.2, 0.25) is 0 Å². The van der Waals surface area contributed by atoms with Crippen LogP contribution in [0.15, 0.2) is 23.3 Å². The lowest BCUT2D eigenvalue weighted by Crippen LogP contribution is -2.34. The van der Waals surface area contributed by atoms with Gasteiger partial charge in [0.1, 0.15) is 5.82 Å². The zero-order chi connectivity index (χ0) is 16.7. The molecule has 1 aromatic rings. The minimum atomic E-state index is -4.36. The molecule has 0 radical (unpaired) electrons. The molecule has 1 heterocycles. The highest BCUT2D eigenvalue weighted by atomic mass is 127. The van der Waals surface area contributed by atoms with E-state index in [2.05, 4.69) is 20.6 Å². The molecule has 1 saturated carbocycles. The number of pyridine rings is 1. The van der Waals surface area contributed by atoms with Crippen LogP contribution < -0.4 is 16.4 Å². The molecule has 4 N–H and O–H groups in total. The molecule has 0 aliphatic heterocycles. The number of hydrogen-bond donors (Lipinski definition) is 3. The molecule has 0 bridgehead atoms. The number of alkyl halides is 3. The van der Waals surface area contributed by atoms with Crippen molar-refractivity contribution in [3.05, 3.63) is 23.9 Å². The molecular weight excluding hydrogens is 434 g/mol. The lowest BCUT2D eigenvalue weighted by atomic mass is 9.86. The number of guanidine groups is 1. The number of halogens is 4. The predicted molar refractivity (Wildman–Crippen MR) is 99.6 cm³/mol. The second-order valence-electron chi connectivity index (χ2n) is 5.66. The van der Waals surface area contributed by atoms with E-state index in [1.54, 1.807) is 0 Å². The highest BCUT2D eigenvalue weighted by Gasteiger charge is 2.30. The number of nitrogens with zero attached hydrogens (tertiary/aromatic N) is 2. The zero-order valence-electron chi connectivity index (χ0n) is 13.3. The van der Waals surface area contributed by atoms with Gasteiger partial charge in [-0.15, -0.1) is 24.0 Å². The van der Waals surface area contributed by atoms with E-state index in [0.717, 1.165) is 25.2 Å². The lowest BCUT2D eigenvalue weighted by Gasteiger charge is -2.23. The first kappa shape index (κ1) is 20.8. The van der Waals surface area contributed by atoms with Crippen LogP contribution in [-0.4, -0.2) is 30.6 Å². The molecule has 0 unspecified atom stereocenters. The van der Waals surface area contributed by atoms with Crippen LogP contribution >= 0.6 is 24.0 Å². The topological polar surface area (TPSA) is 75.3 Å². The summed E-state index contributed by atoms with van der Waals surface area (Å²) < 4.78 is 37.2. The molecular formula is C15H23F3IN5. The van der Waals surface area contributed by atoms with Gasteiger partial charge in [0.05, 0.1) is 5.56 Å². The Labute approximate surface area is 156 Å². The van der Waals surface area contributed by atoms with E-state index in [0.29, 0.717) is 30.8 Å². The van der Waals surface area contributed by atoms with Gasteiger partial charge >= 0.3 is 6.18 Å². The van der Waals surface area contributed by atoms with Crippen LogP contribution in [0.5, 0.6) is 0 Å². The standard InChI is InChI=1S/C15H22F3N5.HI/c16-15(17,18)12-5-6-13(22-10-12)20-7-2-8-21-14(19)23-9-11-3-1-4-11;/h5-6,10-11H,1-4,7-9H2,(H,20,22)(H3,19,21,23);1H. The normalized spacial score (nSPS) is 15.4. The molecule has 0 atom stereocenters. The summed E-state index contributed by atoms with van der Waals surface area (Å²) in [5.74, 6) is 1.55. The summed E-state index contributed by atoms with van der Waals surface area (Å²) in [4.78, 5) is 8.02. The fraction of sp³-hybridized carbons (Fsp3) is 0.600. The number of aromatic nitrogens is 1. The molecule has 1 fully saturated rings. The van der Waals surface area contributed by atoms with Crippen LogP contribution in [0.3, 0.4) is 0 Å². The van der Waals surface area contributed by atoms with Crippen LogP contribution in [0.25, 0.3) is 0 Å². The Hall–Kier alpha value is -1.26. The summed E-state index contributed by atoms with van der Waals surface area (Å²) in [6, 6.07) is 2.34. The van der Waals surface area contributed by atoms with Crippen molar-refractivity contribution in [2.75, 3.05) is 25.0 Å². The molecule has 0 aromatic carbocycles. The molecule has 24 heavy (non-hydrogen) atoms. The largest absolute Gasteiger partial charge is 0.417 e. The van der Waals surface area contributed by atoms with Crippen molar-refractivity contribution in [3.63, 3.8) is 0 Å². The van der Waals surface area contributed by atoms with Gasteiger partial charge in [-0.05, 0) is 37.3 Å². The Morgan fingerprint density at radius 2 is 2.04 bits per heavy atom. The number of anilines is 1. The molecule has 1 aliphatic carbocycles. The van der Waals surface area contributed by atoms with E-state index < -0.39 is 11.7 Å². The molecule has 1 aliphatic rings. The Bertz CT molecular complexity index is 515. The summed E-state index contributed by atoms with van der Waals surface area (Å²) >= 11 is 0. The van der Waals surface area contributed by atoms with Gasteiger partial charge in [0.15, 0.2) is 5.96 Å². The fourth-order valence-corrected chi connectivity index (χ4v) is 2.15. The summed E-state index contributed by atoms with van der Waals surface area (Å²) in [5, 5.41) is 5.99. The minimum Gasteiger partial charge on any atom is -0.370 e. The van der Waals surface area contributed by atoms with Gasteiger partial charge in [0, 0.05) is 25.8 Å². The van der Waals surface area contributed by atoms with Crippen LogP contribution in [0.4, 0.5) is 19.0 Å². The van der Waals surface area contributed by atoms with Gasteiger partial charge in [0.25, 0.3) is 0 Å². The summed E-state index contributed by atoms with van der Waals surface area (Å²) in [5.41, 5.74) is 5.00. The Morgan fingerprint density at radius 1 is 1.29 bits per heavy atom. The minimum absolute atomic E-state index is 0. The van der Waals surface area contributed by atoms with Crippen molar-refractivity contribution in [2.24, 2.45) is 16.6 Å². The van der Waals surface area contributed by atoms with E-state index in [1.165, 1.54) is 25.3 Å². The van der Waals surface area contributed by atoms with Crippen molar-refractivity contribution in [3.8, 4) is 0 Å². The number of nitrogens with two attached hydrogens (primary N) is 1. The molecule has 1 aromatic heterocycles. The van der Waals surface area contributed by atoms with E-state index >= 15 is 0 Å². The second-order valence-corrected chi connectivity index (χ2v) is 5.66. The summed E-state index contributed by atoms with van der Waals surface area (Å²) in [6.45, 7) is 2.02. The predicted octanol–water partition coefficient (Wildman–Crippen LogP) is 3.22. The van der Waals surface area contributed by atoms with E-state index in [1.807, 2.05) is 0 Å². The summed E-state index contributed by atoms with van der Waals surface area (Å²) in [6.07, 6.45) is 0.985. The van der Waals surface area contributed by atoms with Crippen LogP contribution in [0.2, 0.25) is 0 Å². The zero-order valence-corrected chi connectivity index (χ0v) is 15.6. The molecule has 0 saturated heterocycles. The first-order valence-electron chi connectivity index (χ1n) is 7.76. The quantitative estimate of drug-likeness (QED) is 0.255. The van der Waals surface area contributed by atoms with Crippen LogP contribution in [0.1, 0.15) is 31.2 Å². The highest BCUT2D eigenvalue weighted by molar-refractivity contribution is 14.0. The fourth-order valence-electron chi connectivity index (χ4n) is 2.15. The Morgan fingerprint density at radius 3 is 2.58 bits per heavy atom. The van der Waals surface area contributed by atoms with E-state index in [9.17, 15) is 13.2 Å². The van der Waals surface area contributed by atoms with Gasteiger partial charge in [-0.25, -0.2) is 4.98 Å². The Balaban J connectivity index is 0.00000288. The molecule has 0 spiro atoms. The molecule has 136 valence electrons. The maximum atomic E-state index is 12.4. The van der Waals surface area contributed by atoms with Crippen LogP contribution in [0, 0.1) is 5.92 Å². The van der Waals surface area contributed by atoms with Gasteiger partial charge in [-0.2, -0.15) is 13.2 Å². The first-order valence-corrected chi connectivity index (χ1v) is 7.76. The average molecular weight is 457 g/mol. The van der Waals surface area contributed by atoms with Crippen molar-refractivity contribution in [1.29, 1.82) is 0 Å². The van der Waals surface area contributed by atoms with E-state index in [4.69, 9.17) is 5.73 Å². The van der Waals surface area contributed by atoms with Gasteiger partial charge in [-0.1, -0.05) is 6.42 Å². The van der Waals surface area contributed by atoms with Gasteiger partial charge < -0.3 is 16.4 Å². The average Bonchev–Trinajstić information content (AvgIpc) is 2.45. The highest BCUT2D eigenvalue weighted by Crippen LogP contribution is 2.28. The van der Waals surface area contributed by atoms with Crippen molar-refractivity contribution >= 4 is 35.8 Å². The maximum absolute atomic E-state index is 12.4. The molecule has 0 amide bonds. The number of nitrogens with one attached hydrogen (secondary N) is 2. The van der Waals surface area contributed by atoms with Crippen molar-refractivity contribution < 1.29 is 13.2 Å². The number of aliphatic imine (C=N–C) groups is 1.